The zero-order valence-corrected chi connectivity index (χ0v) is 12.6. The highest BCUT2D eigenvalue weighted by molar-refractivity contribution is 7.93. The van der Waals surface area contributed by atoms with Crippen LogP contribution in [0, 0.1) is 0 Å². The number of carbonyl (C=O) groups is 1. The van der Waals surface area contributed by atoms with Crippen LogP contribution >= 0.6 is 22.7 Å². The standard InChI is InChI=1S/C12H9NO4S3/c14-11(10-2-1-5-18-10)17-13-9-3-6-19-12-8(9)4-7-20(12,15)16/h1-3,5-6H,4,7H2/b13-9+. The van der Waals surface area contributed by atoms with Crippen LogP contribution < -0.4 is 5.36 Å². The van der Waals surface area contributed by atoms with E-state index in [9.17, 15) is 13.2 Å². The normalized spacial score (nSPS) is 16.9. The van der Waals surface area contributed by atoms with Crippen LogP contribution in [-0.4, -0.2) is 20.1 Å². The van der Waals surface area contributed by atoms with E-state index in [1.54, 1.807) is 29.0 Å². The van der Waals surface area contributed by atoms with Crippen molar-refractivity contribution in [1.29, 1.82) is 0 Å². The first-order valence-electron chi connectivity index (χ1n) is 5.70. The molecule has 1 aliphatic rings. The van der Waals surface area contributed by atoms with Crippen LogP contribution in [-0.2, 0) is 21.1 Å². The summed E-state index contributed by atoms with van der Waals surface area (Å²) in [6.45, 7) is 0. The van der Waals surface area contributed by atoms with E-state index in [2.05, 4.69) is 5.16 Å². The van der Waals surface area contributed by atoms with Gasteiger partial charge in [-0.15, -0.1) is 22.7 Å². The zero-order chi connectivity index (χ0) is 14.2. The summed E-state index contributed by atoms with van der Waals surface area (Å²) in [5.74, 6) is -0.452. The maximum atomic E-state index is 11.8. The van der Waals surface area contributed by atoms with Gasteiger partial charge in [0, 0.05) is 5.56 Å². The molecule has 0 amide bonds. The van der Waals surface area contributed by atoms with Crippen molar-refractivity contribution in [2.45, 2.75) is 10.6 Å². The van der Waals surface area contributed by atoms with Gasteiger partial charge in [0.1, 0.15) is 14.4 Å². The second-order valence-electron chi connectivity index (χ2n) is 4.09. The number of thiophene rings is 1. The number of hydrogen-bond acceptors (Lipinski definition) is 7. The van der Waals surface area contributed by atoms with E-state index >= 15 is 0 Å². The second kappa shape index (κ2) is 5.12. The first kappa shape index (κ1) is 13.5. The molecule has 0 saturated heterocycles. The van der Waals surface area contributed by atoms with Gasteiger partial charge in [0.15, 0.2) is 9.84 Å². The van der Waals surface area contributed by atoms with Gasteiger partial charge < -0.3 is 4.84 Å². The molecule has 3 rings (SSSR count). The Kier molecular flexibility index (Phi) is 3.45. The fourth-order valence-electron chi connectivity index (χ4n) is 1.87. The molecule has 0 fully saturated rings. The van der Waals surface area contributed by atoms with Gasteiger partial charge >= 0.3 is 5.97 Å². The Hall–Kier alpha value is -1.51. The van der Waals surface area contributed by atoms with Crippen molar-refractivity contribution in [2.24, 2.45) is 5.16 Å². The van der Waals surface area contributed by atoms with Gasteiger partial charge in [0.05, 0.1) is 5.75 Å². The van der Waals surface area contributed by atoms with Crippen LogP contribution in [0.5, 0.6) is 0 Å². The van der Waals surface area contributed by atoms with Crippen molar-refractivity contribution < 1.29 is 18.0 Å². The molecule has 20 heavy (non-hydrogen) atoms. The lowest BCUT2D eigenvalue weighted by atomic mass is 10.2. The van der Waals surface area contributed by atoms with Crippen molar-refractivity contribution >= 4 is 38.5 Å². The maximum absolute atomic E-state index is 11.8. The lowest BCUT2D eigenvalue weighted by Gasteiger charge is -1.97. The van der Waals surface area contributed by atoms with E-state index in [1.807, 2.05) is 0 Å². The quantitative estimate of drug-likeness (QED) is 0.623. The molecule has 0 spiro atoms. The molecule has 5 nitrogen and oxygen atoms in total. The number of hydrogen-bond donors (Lipinski definition) is 0. The molecule has 0 atom stereocenters. The van der Waals surface area contributed by atoms with E-state index in [-0.39, 0.29) is 5.75 Å². The molecule has 0 unspecified atom stereocenters. The monoisotopic (exact) mass is 327 g/mol. The van der Waals surface area contributed by atoms with E-state index in [1.165, 1.54) is 22.7 Å². The molecular weight excluding hydrogens is 318 g/mol. The molecule has 8 heteroatoms. The Morgan fingerprint density at radius 3 is 2.85 bits per heavy atom. The first-order valence-corrected chi connectivity index (χ1v) is 9.11. The second-order valence-corrected chi connectivity index (χ2v) is 8.26. The summed E-state index contributed by atoms with van der Waals surface area (Å²) in [6, 6.07) is 5.05. The molecule has 2 aromatic rings. The Morgan fingerprint density at radius 2 is 2.10 bits per heavy atom. The zero-order valence-electron chi connectivity index (χ0n) is 10.1. The lowest BCUT2D eigenvalue weighted by Crippen LogP contribution is -2.10. The number of rotatable bonds is 2. The lowest BCUT2D eigenvalue weighted by molar-refractivity contribution is 0.0503. The summed E-state index contributed by atoms with van der Waals surface area (Å²) in [5, 5.41) is 7.61. The van der Waals surface area contributed by atoms with Crippen LogP contribution in [0.1, 0.15) is 15.2 Å². The van der Waals surface area contributed by atoms with Gasteiger partial charge in [-0.25, -0.2) is 13.2 Å². The highest BCUT2D eigenvalue weighted by atomic mass is 32.2. The van der Waals surface area contributed by atoms with E-state index < -0.39 is 15.8 Å². The minimum atomic E-state index is -3.19. The van der Waals surface area contributed by atoms with Gasteiger partial charge in [0.2, 0.25) is 0 Å². The molecule has 0 radical (unpaired) electrons. The highest BCUT2D eigenvalue weighted by Gasteiger charge is 2.28. The molecule has 3 heterocycles. The van der Waals surface area contributed by atoms with Crippen molar-refractivity contribution in [2.75, 3.05) is 5.75 Å². The SMILES string of the molecule is O=C(O/N=c1\ccsc2c1CCS2(=O)=O)c1cccs1. The molecule has 1 aliphatic heterocycles. The minimum absolute atomic E-state index is 0.0875. The summed E-state index contributed by atoms with van der Waals surface area (Å²) >= 11 is 2.43. The van der Waals surface area contributed by atoms with Gasteiger partial charge in [0.25, 0.3) is 0 Å². The van der Waals surface area contributed by atoms with Crippen LogP contribution in [0.2, 0.25) is 0 Å². The highest BCUT2D eigenvalue weighted by Crippen LogP contribution is 2.26. The maximum Gasteiger partial charge on any atom is 0.375 e. The molecule has 0 aliphatic carbocycles. The van der Waals surface area contributed by atoms with E-state index in [0.717, 1.165) is 0 Å². The molecule has 2 aromatic heterocycles. The summed E-state index contributed by atoms with van der Waals surface area (Å²) in [7, 11) is -3.19. The Bertz CT molecular complexity index is 819. The number of fused-ring (bicyclic) bond motifs is 1. The van der Waals surface area contributed by atoms with Crippen LogP contribution in [0.15, 0.2) is 38.3 Å². The topological polar surface area (TPSA) is 72.8 Å². The summed E-state index contributed by atoms with van der Waals surface area (Å²) in [6.07, 6.45) is 0.407. The molecule has 0 N–H and O–H groups in total. The smallest absolute Gasteiger partial charge is 0.311 e. The van der Waals surface area contributed by atoms with Crippen LogP contribution in [0.4, 0.5) is 0 Å². The largest absolute Gasteiger partial charge is 0.375 e. The van der Waals surface area contributed by atoms with Crippen LogP contribution in [0.3, 0.4) is 0 Å². The van der Waals surface area contributed by atoms with Gasteiger partial charge in [-0.1, -0.05) is 11.2 Å². The number of nitrogens with zero attached hydrogens (tertiary/aromatic N) is 1. The summed E-state index contributed by atoms with van der Waals surface area (Å²) in [4.78, 5) is 17.0. The Labute approximate surface area is 123 Å². The first-order chi connectivity index (χ1) is 9.58. The molecule has 104 valence electrons. The minimum Gasteiger partial charge on any atom is -0.311 e. The molecule has 0 bridgehead atoms. The average Bonchev–Trinajstić information content (AvgIpc) is 3.05. The number of sulfone groups is 1. The average molecular weight is 327 g/mol. The third-order valence-corrected chi connectivity index (χ3v) is 7.00. The van der Waals surface area contributed by atoms with Gasteiger partial charge in [-0.3, -0.25) is 0 Å². The third kappa shape index (κ3) is 2.41. The van der Waals surface area contributed by atoms with Gasteiger partial charge in [-0.05, 0) is 29.3 Å². The van der Waals surface area contributed by atoms with Gasteiger partial charge in [-0.2, -0.15) is 0 Å². The summed E-state index contributed by atoms with van der Waals surface area (Å²) < 4.78 is 23.9. The molecule has 0 saturated carbocycles. The Balaban J connectivity index is 1.95. The van der Waals surface area contributed by atoms with E-state index in [4.69, 9.17) is 4.84 Å². The molecule has 0 aromatic carbocycles. The fraction of sp³-hybridized carbons (Fsp3) is 0.167. The third-order valence-electron chi connectivity index (χ3n) is 2.81. The predicted molar refractivity (Wildman–Crippen MR) is 75.4 cm³/mol. The van der Waals surface area contributed by atoms with Crippen molar-refractivity contribution in [1.82, 2.24) is 0 Å². The molecular formula is C12H9NO4S3. The Morgan fingerprint density at radius 1 is 1.25 bits per heavy atom. The van der Waals surface area contributed by atoms with Crippen LogP contribution in [0.25, 0.3) is 0 Å². The fourth-order valence-corrected chi connectivity index (χ4v) is 5.38. The predicted octanol–water partition coefficient (Wildman–Crippen LogP) is 1.81. The van der Waals surface area contributed by atoms with E-state index in [0.29, 0.717) is 26.4 Å². The van der Waals surface area contributed by atoms with Crippen molar-refractivity contribution in [3.05, 3.63) is 44.8 Å². The van der Waals surface area contributed by atoms with Crippen molar-refractivity contribution in [3.63, 3.8) is 0 Å². The number of carbonyl (C=O) groups excluding carboxylic acids is 1. The van der Waals surface area contributed by atoms with Crippen molar-refractivity contribution in [3.8, 4) is 0 Å². The summed E-state index contributed by atoms with van der Waals surface area (Å²) in [5.41, 5.74) is 0.636.